The zero-order chi connectivity index (χ0) is 27.9. The summed E-state index contributed by atoms with van der Waals surface area (Å²) in [6.07, 6.45) is 0.344. The number of benzene rings is 3. The summed E-state index contributed by atoms with van der Waals surface area (Å²) in [5.41, 5.74) is 2.06. The summed E-state index contributed by atoms with van der Waals surface area (Å²) in [5.74, 6) is -0.504. The Kier molecular flexibility index (Phi) is 9.77. The molecule has 0 unspecified atom stereocenters. The summed E-state index contributed by atoms with van der Waals surface area (Å²) < 4.78 is 33.8. The standard InChI is InChI=1S/C28H32ClN3O5S/c1-5-25(28(34)30-3)31(18-21-13-11-20(2)12-14-21)27(33)19-32(22-15-16-26(37-4)24(29)17-22)38(35,36)23-9-7-6-8-10-23/h6-17,25H,5,18-19H2,1-4H3,(H,30,34)/t25-/m1/s1. The van der Waals surface area contributed by atoms with Gasteiger partial charge in [-0.05, 0) is 49.2 Å². The number of carbonyl (C=O) groups is 2. The summed E-state index contributed by atoms with van der Waals surface area (Å²) in [4.78, 5) is 28.1. The van der Waals surface area contributed by atoms with Crippen LogP contribution in [0.3, 0.4) is 0 Å². The van der Waals surface area contributed by atoms with E-state index < -0.39 is 28.5 Å². The van der Waals surface area contributed by atoms with E-state index in [1.807, 2.05) is 31.2 Å². The van der Waals surface area contributed by atoms with E-state index in [-0.39, 0.29) is 28.1 Å². The number of aryl methyl sites for hydroxylation is 1. The van der Waals surface area contributed by atoms with Crippen LogP contribution < -0.4 is 14.4 Å². The van der Waals surface area contributed by atoms with Crippen LogP contribution in [0.4, 0.5) is 5.69 Å². The number of likely N-dealkylation sites (N-methyl/N-ethyl adjacent to an activating group) is 1. The van der Waals surface area contributed by atoms with Crippen molar-refractivity contribution in [2.45, 2.75) is 37.8 Å². The number of hydrogen-bond acceptors (Lipinski definition) is 5. The van der Waals surface area contributed by atoms with Gasteiger partial charge in [0.15, 0.2) is 0 Å². The summed E-state index contributed by atoms with van der Waals surface area (Å²) in [6.45, 7) is 3.35. The molecular weight excluding hydrogens is 526 g/mol. The fourth-order valence-electron chi connectivity index (χ4n) is 4.04. The van der Waals surface area contributed by atoms with Gasteiger partial charge in [-0.15, -0.1) is 0 Å². The van der Waals surface area contributed by atoms with Gasteiger partial charge >= 0.3 is 0 Å². The molecule has 0 spiro atoms. The molecular formula is C28H32ClN3O5S. The Morgan fingerprint density at radius 2 is 1.68 bits per heavy atom. The molecule has 3 aromatic carbocycles. The van der Waals surface area contributed by atoms with Gasteiger partial charge in [-0.1, -0.05) is 66.6 Å². The van der Waals surface area contributed by atoms with E-state index in [0.29, 0.717) is 12.2 Å². The van der Waals surface area contributed by atoms with Crippen molar-refractivity contribution in [3.63, 3.8) is 0 Å². The number of carbonyl (C=O) groups excluding carboxylic acids is 2. The van der Waals surface area contributed by atoms with E-state index in [9.17, 15) is 18.0 Å². The van der Waals surface area contributed by atoms with E-state index in [0.717, 1.165) is 15.4 Å². The van der Waals surface area contributed by atoms with Gasteiger partial charge in [-0.2, -0.15) is 0 Å². The van der Waals surface area contributed by atoms with Gasteiger partial charge in [0.05, 0.1) is 22.7 Å². The number of rotatable bonds is 11. The van der Waals surface area contributed by atoms with Gasteiger partial charge in [-0.3, -0.25) is 13.9 Å². The second-order valence-corrected chi connectivity index (χ2v) is 11.0. The normalized spacial score (nSPS) is 11.9. The first kappa shape index (κ1) is 29.0. The molecule has 0 aromatic heterocycles. The van der Waals surface area contributed by atoms with Crippen LogP contribution in [0.2, 0.25) is 5.02 Å². The first-order valence-electron chi connectivity index (χ1n) is 12.1. The van der Waals surface area contributed by atoms with Crippen LogP contribution in [0.15, 0.2) is 77.7 Å². The van der Waals surface area contributed by atoms with Crippen molar-refractivity contribution in [1.82, 2.24) is 10.2 Å². The number of sulfonamides is 1. The highest BCUT2D eigenvalue weighted by atomic mass is 35.5. The Labute approximate surface area is 229 Å². The third-order valence-electron chi connectivity index (χ3n) is 6.14. The van der Waals surface area contributed by atoms with Crippen molar-refractivity contribution in [3.8, 4) is 5.75 Å². The first-order valence-corrected chi connectivity index (χ1v) is 13.9. The number of halogens is 1. The van der Waals surface area contributed by atoms with E-state index >= 15 is 0 Å². The molecule has 0 aliphatic rings. The summed E-state index contributed by atoms with van der Waals surface area (Å²) in [5, 5.41) is 2.80. The molecule has 10 heteroatoms. The van der Waals surface area contributed by atoms with E-state index in [2.05, 4.69) is 5.32 Å². The van der Waals surface area contributed by atoms with Crippen molar-refractivity contribution < 1.29 is 22.7 Å². The van der Waals surface area contributed by atoms with Crippen molar-refractivity contribution in [2.75, 3.05) is 25.0 Å². The zero-order valence-corrected chi connectivity index (χ0v) is 23.4. The predicted octanol–water partition coefficient (Wildman–Crippen LogP) is 4.41. The molecule has 0 fully saturated rings. The average molecular weight is 558 g/mol. The van der Waals surface area contributed by atoms with Crippen LogP contribution in [0.25, 0.3) is 0 Å². The summed E-state index contributed by atoms with van der Waals surface area (Å²) >= 11 is 6.33. The van der Waals surface area contributed by atoms with Crippen LogP contribution in [0.1, 0.15) is 24.5 Å². The minimum Gasteiger partial charge on any atom is -0.495 e. The maximum absolute atomic E-state index is 13.9. The third kappa shape index (κ3) is 6.65. The van der Waals surface area contributed by atoms with Gasteiger partial charge in [0.1, 0.15) is 18.3 Å². The zero-order valence-electron chi connectivity index (χ0n) is 21.8. The molecule has 0 saturated carbocycles. The minimum absolute atomic E-state index is 0.0168. The lowest BCUT2D eigenvalue weighted by Gasteiger charge is -2.33. The molecule has 1 atom stereocenters. The quantitative estimate of drug-likeness (QED) is 0.377. The Hall–Kier alpha value is -3.56. The monoisotopic (exact) mass is 557 g/mol. The molecule has 8 nitrogen and oxygen atoms in total. The molecule has 38 heavy (non-hydrogen) atoms. The third-order valence-corrected chi connectivity index (χ3v) is 8.22. The number of ether oxygens (including phenoxy) is 1. The largest absolute Gasteiger partial charge is 0.495 e. The van der Waals surface area contributed by atoms with Gasteiger partial charge in [0.25, 0.3) is 10.0 Å². The van der Waals surface area contributed by atoms with Gasteiger partial charge in [0.2, 0.25) is 11.8 Å². The van der Waals surface area contributed by atoms with Crippen molar-refractivity contribution in [2.24, 2.45) is 0 Å². The smallest absolute Gasteiger partial charge is 0.264 e. The number of methoxy groups -OCH3 is 1. The van der Waals surface area contributed by atoms with Gasteiger partial charge in [-0.25, -0.2) is 8.42 Å². The Balaban J connectivity index is 2.07. The van der Waals surface area contributed by atoms with E-state index in [4.69, 9.17) is 16.3 Å². The molecule has 3 rings (SSSR count). The highest BCUT2D eigenvalue weighted by molar-refractivity contribution is 7.92. The molecule has 0 bridgehead atoms. The molecule has 2 amide bonds. The second-order valence-electron chi connectivity index (χ2n) is 8.69. The van der Waals surface area contributed by atoms with Crippen LogP contribution in [0.5, 0.6) is 5.75 Å². The highest BCUT2D eigenvalue weighted by Crippen LogP contribution is 2.32. The minimum atomic E-state index is -4.17. The Morgan fingerprint density at radius 1 is 1.03 bits per heavy atom. The van der Waals surface area contributed by atoms with Gasteiger partial charge in [0, 0.05) is 13.6 Å². The number of nitrogens with one attached hydrogen (secondary N) is 1. The SMILES string of the molecule is CC[C@H](C(=O)NC)N(Cc1ccc(C)cc1)C(=O)CN(c1ccc(OC)c(Cl)c1)S(=O)(=O)c1ccccc1. The molecule has 202 valence electrons. The molecule has 3 aromatic rings. The summed E-state index contributed by atoms with van der Waals surface area (Å²) in [7, 11) is -1.21. The summed E-state index contributed by atoms with van der Waals surface area (Å²) in [6, 6.07) is 19.2. The van der Waals surface area contributed by atoms with Crippen LogP contribution in [-0.2, 0) is 26.2 Å². The lowest BCUT2D eigenvalue weighted by molar-refractivity contribution is -0.140. The molecule has 0 heterocycles. The first-order chi connectivity index (χ1) is 18.1. The maximum atomic E-state index is 13.9. The lowest BCUT2D eigenvalue weighted by Crippen LogP contribution is -2.51. The lowest BCUT2D eigenvalue weighted by atomic mass is 10.1. The predicted molar refractivity (Wildman–Crippen MR) is 149 cm³/mol. The molecule has 1 N–H and O–H groups in total. The van der Waals surface area contributed by atoms with E-state index in [1.165, 1.54) is 43.3 Å². The second kappa shape index (κ2) is 12.8. The van der Waals surface area contributed by atoms with Crippen molar-refractivity contribution in [3.05, 3.63) is 88.9 Å². The van der Waals surface area contributed by atoms with Crippen LogP contribution >= 0.6 is 11.6 Å². The van der Waals surface area contributed by atoms with Crippen molar-refractivity contribution >= 4 is 39.1 Å². The molecule has 0 radical (unpaired) electrons. The Morgan fingerprint density at radius 3 is 2.24 bits per heavy atom. The maximum Gasteiger partial charge on any atom is 0.264 e. The fraction of sp³-hybridized carbons (Fsp3) is 0.286. The number of amides is 2. The molecule has 0 aliphatic heterocycles. The van der Waals surface area contributed by atoms with Crippen molar-refractivity contribution in [1.29, 1.82) is 0 Å². The molecule has 0 saturated heterocycles. The number of hydrogen-bond donors (Lipinski definition) is 1. The number of anilines is 1. The Bertz CT molecular complexity index is 1360. The average Bonchev–Trinajstić information content (AvgIpc) is 2.92. The van der Waals surface area contributed by atoms with Crippen LogP contribution in [-0.4, -0.2) is 51.9 Å². The topological polar surface area (TPSA) is 96.0 Å². The van der Waals surface area contributed by atoms with Gasteiger partial charge < -0.3 is 15.0 Å². The van der Waals surface area contributed by atoms with Crippen LogP contribution in [0, 0.1) is 6.92 Å². The van der Waals surface area contributed by atoms with E-state index in [1.54, 1.807) is 31.2 Å². The fourth-order valence-corrected chi connectivity index (χ4v) is 5.71. The number of nitrogens with zero attached hydrogens (tertiary/aromatic N) is 2. The molecule has 0 aliphatic carbocycles. The highest BCUT2D eigenvalue weighted by Gasteiger charge is 2.33.